The first-order valence-corrected chi connectivity index (χ1v) is 6.86. The molecule has 1 unspecified atom stereocenters. The zero-order valence-corrected chi connectivity index (χ0v) is 11.4. The first-order valence-electron chi connectivity index (χ1n) is 5.60. The van der Waals surface area contributed by atoms with Gasteiger partial charge in [-0.25, -0.2) is 4.98 Å². The number of nitrogens with one attached hydrogen (secondary N) is 1. The van der Waals surface area contributed by atoms with E-state index in [1.165, 1.54) is 0 Å². The maximum atomic E-state index is 9.08. The van der Waals surface area contributed by atoms with E-state index in [1.54, 1.807) is 35.7 Å². The van der Waals surface area contributed by atoms with Gasteiger partial charge in [-0.05, 0) is 24.6 Å². The van der Waals surface area contributed by atoms with Crippen LogP contribution < -0.4 is 5.32 Å². The summed E-state index contributed by atoms with van der Waals surface area (Å²) in [4.78, 5) is 4.30. The summed E-state index contributed by atoms with van der Waals surface area (Å²) >= 11 is 7.57. The molecule has 0 saturated carbocycles. The van der Waals surface area contributed by atoms with Crippen molar-refractivity contribution in [1.29, 1.82) is 5.26 Å². The quantitative estimate of drug-likeness (QED) is 0.910. The molecule has 0 saturated heterocycles. The van der Waals surface area contributed by atoms with Crippen LogP contribution in [0.1, 0.15) is 30.0 Å². The largest absolute Gasteiger partial charge is 0.375 e. The van der Waals surface area contributed by atoms with Gasteiger partial charge in [-0.3, -0.25) is 0 Å². The molecule has 1 atom stereocenters. The molecular weight excluding hydrogens is 266 g/mol. The second-order valence-electron chi connectivity index (χ2n) is 3.78. The van der Waals surface area contributed by atoms with E-state index in [1.807, 2.05) is 5.38 Å². The Balaban J connectivity index is 2.27. The third-order valence-electron chi connectivity index (χ3n) is 2.59. The molecule has 0 aliphatic carbocycles. The topological polar surface area (TPSA) is 48.7 Å². The minimum atomic E-state index is 0.107. The van der Waals surface area contributed by atoms with Crippen LogP contribution in [0.5, 0.6) is 0 Å². The van der Waals surface area contributed by atoms with E-state index >= 15 is 0 Å². The fourth-order valence-electron chi connectivity index (χ4n) is 1.67. The molecule has 1 aromatic heterocycles. The van der Waals surface area contributed by atoms with E-state index in [4.69, 9.17) is 16.9 Å². The van der Waals surface area contributed by atoms with Gasteiger partial charge in [0.2, 0.25) is 0 Å². The average Bonchev–Trinajstić information content (AvgIpc) is 2.90. The second kappa shape index (κ2) is 5.85. The number of hydrogen-bond donors (Lipinski definition) is 1. The fraction of sp³-hybridized carbons (Fsp3) is 0.231. The molecule has 18 heavy (non-hydrogen) atoms. The summed E-state index contributed by atoms with van der Waals surface area (Å²) in [5.74, 6) is 0. The minimum Gasteiger partial charge on any atom is -0.375 e. The van der Waals surface area contributed by atoms with Crippen molar-refractivity contribution in [3.63, 3.8) is 0 Å². The van der Waals surface area contributed by atoms with E-state index in [-0.39, 0.29) is 6.04 Å². The van der Waals surface area contributed by atoms with Crippen LogP contribution in [0.2, 0.25) is 5.02 Å². The number of nitrogens with zero attached hydrogens (tertiary/aromatic N) is 2. The van der Waals surface area contributed by atoms with Gasteiger partial charge in [0.15, 0.2) is 0 Å². The number of nitriles is 1. The standard InChI is InChI=1S/C13H12ClN3S/c1-2-11(13-16-5-6-18-13)17-12-7-10(14)4-3-9(12)8-15/h3-7,11,17H,2H2,1H3. The Morgan fingerprint density at radius 2 is 2.39 bits per heavy atom. The van der Waals surface area contributed by atoms with E-state index in [2.05, 4.69) is 23.3 Å². The molecule has 0 spiro atoms. The molecule has 0 bridgehead atoms. The van der Waals surface area contributed by atoms with Crippen molar-refractivity contribution < 1.29 is 0 Å². The molecule has 3 nitrogen and oxygen atoms in total. The predicted octanol–water partition coefficient (Wildman–Crippen LogP) is 4.23. The number of aromatic nitrogens is 1. The lowest BCUT2D eigenvalue weighted by Gasteiger charge is -2.17. The number of thiazole rings is 1. The number of benzene rings is 1. The Hall–Kier alpha value is -1.57. The predicted molar refractivity (Wildman–Crippen MR) is 74.9 cm³/mol. The highest BCUT2D eigenvalue weighted by molar-refractivity contribution is 7.09. The Bertz CT molecular complexity index is 560. The Kier molecular flexibility index (Phi) is 4.19. The zero-order chi connectivity index (χ0) is 13.0. The summed E-state index contributed by atoms with van der Waals surface area (Å²) in [5.41, 5.74) is 1.35. The smallest absolute Gasteiger partial charge is 0.115 e. The van der Waals surface area contributed by atoms with Gasteiger partial charge in [-0.15, -0.1) is 11.3 Å². The van der Waals surface area contributed by atoms with Crippen molar-refractivity contribution in [2.45, 2.75) is 19.4 Å². The van der Waals surface area contributed by atoms with Gasteiger partial charge in [0, 0.05) is 16.6 Å². The molecule has 92 valence electrons. The third-order valence-corrected chi connectivity index (χ3v) is 3.71. The first kappa shape index (κ1) is 12.9. The van der Waals surface area contributed by atoms with Crippen molar-refractivity contribution in [2.24, 2.45) is 0 Å². The highest BCUT2D eigenvalue weighted by Gasteiger charge is 2.13. The number of halogens is 1. The molecule has 0 aliphatic heterocycles. The Morgan fingerprint density at radius 3 is 3.00 bits per heavy atom. The summed E-state index contributed by atoms with van der Waals surface area (Å²) in [7, 11) is 0. The molecule has 1 aromatic carbocycles. The lowest BCUT2D eigenvalue weighted by molar-refractivity contribution is 0.742. The van der Waals surface area contributed by atoms with Crippen molar-refractivity contribution >= 4 is 28.6 Å². The van der Waals surface area contributed by atoms with Crippen LogP contribution in [-0.2, 0) is 0 Å². The highest BCUT2D eigenvalue weighted by atomic mass is 35.5. The maximum Gasteiger partial charge on any atom is 0.115 e. The van der Waals surface area contributed by atoms with E-state index in [0.29, 0.717) is 10.6 Å². The van der Waals surface area contributed by atoms with Crippen LogP contribution in [0.15, 0.2) is 29.8 Å². The number of rotatable bonds is 4. The summed E-state index contributed by atoms with van der Waals surface area (Å²) in [6.07, 6.45) is 2.68. The number of hydrogen-bond acceptors (Lipinski definition) is 4. The molecule has 1 N–H and O–H groups in total. The number of anilines is 1. The molecule has 2 rings (SSSR count). The molecular formula is C13H12ClN3S. The van der Waals surface area contributed by atoms with Crippen LogP contribution in [0.25, 0.3) is 0 Å². The van der Waals surface area contributed by atoms with Crippen molar-refractivity contribution in [3.8, 4) is 6.07 Å². The normalized spacial score (nSPS) is 11.8. The SMILES string of the molecule is CCC(Nc1cc(Cl)ccc1C#N)c1nccs1. The van der Waals surface area contributed by atoms with Crippen LogP contribution in [0, 0.1) is 11.3 Å². The highest BCUT2D eigenvalue weighted by Crippen LogP contribution is 2.27. The maximum absolute atomic E-state index is 9.08. The third kappa shape index (κ3) is 2.81. The van der Waals surface area contributed by atoms with Gasteiger partial charge >= 0.3 is 0 Å². The molecule has 2 aromatic rings. The molecule has 5 heteroatoms. The molecule has 0 aliphatic rings. The van der Waals surface area contributed by atoms with Crippen molar-refractivity contribution in [1.82, 2.24) is 4.98 Å². The van der Waals surface area contributed by atoms with Gasteiger partial charge in [0.05, 0.1) is 17.3 Å². The van der Waals surface area contributed by atoms with Crippen LogP contribution in [0.3, 0.4) is 0 Å². The summed E-state index contributed by atoms with van der Waals surface area (Å²) < 4.78 is 0. The average molecular weight is 278 g/mol. The summed E-state index contributed by atoms with van der Waals surface area (Å²) in [6, 6.07) is 7.48. The lowest BCUT2D eigenvalue weighted by atomic mass is 10.1. The van der Waals surface area contributed by atoms with E-state index in [0.717, 1.165) is 17.1 Å². The monoisotopic (exact) mass is 277 g/mol. The molecule has 0 fully saturated rings. The van der Waals surface area contributed by atoms with E-state index in [9.17, 15) is 0 Å². The Labute approximate surface area is 115 Å². The van der Waals surface area contributed by atoms with Crippen LogP contribution >= 0.6 is 22.9 Å². The van der Waals surface area contributed by atoms with E-state index < -0.39 is 0 Å². The van der Waals surface area contributed by atoms with Crippen LogP contribution in [-0.4, -0.2) is 4.98 Å². The summed E-state index contributed by atoms with van der Waals surface area (Å²) in [5, 5.41) is 16.0. The zero-order valence-electron chi connectivity index (χ0n) is 9.85. The van der Waals surface area contributed by atoms with Gasteiger partial charge in [-0.2, -0.15) is 5.26 Å². The van der Waals surface area contributed by atoms with Gasteiger partial charge in [-0.1, -0.05) is 18.5 Å². The second-order valence-corrected chi connectivity index (χ2v) is 5.14. The van der Waals surface area contributed by atoms with Gasteiger partial charge in [0.25, 0.3) is 0 Å². The van der Waals surface area contributed by atoms with Gasteiger partial charge < -0.3 is 5.32 Å². The first-order chi connectivity index (χ1) is 8.74. The molecule has 1 heterocycles. The minimum absolute atomic E-state index is 0.107. The van der Waals surface area contributed by atoms with Crippen molar-refractivity contribution in [2.75, 3.05) is 5.32 Å². The fourth-order valence-corrected chi connectivity index (χ4v) is 2.61. The van der Waals surface area contributed by atoms with Crippen LogP contribution in [0.4, 0.5) is 5.69 Å². The molecule has 0 radical (unpaired) electrons. The lowest BCUT2D eigenvalue weighted by Crippen LogP contribution is -2.10. The summed E-state index contributed by atoms with van der Waals surface area (Å²) in [6.45, 7) is 2.08. The van der Waals surface area contributed by atoms with Crippen molar-refractivity contribution in [3.05, 3.63) is 45.4 Å². The molecule has 0 amide bonds. The Morgan fingerprint density at radius 1 is 1.56 bits per heavy atom. The van der Waals surface area contributed by atoms with Gasteiger partial charge in [0.1, 0.15) is 11.1 Å².